The van der Waals surface area contributed by atoms with Gasteiger partial charge in [-0.1, -0.05) is 72.8 Å². The van der Waals surface area contributed by atoms with E-state index in [0.29, 0.717) is 13.2 Å². The van der Waals surface area contributed by atoms with E-state index in [2.05, 4.69) is 48.5 Å². The van der Waals surface area contributed by atoms with Crippen LogP contribution in [0.3, 0.4) is 0 Å². The Balaban J connectivity index is 1.53. The van der Waals surface area contributed by atoms with Crippen molar-refractivity contribution < 1.29 is 19.1 Å². The molecule has 0 saturated carbocycles. The number of ether oxygens (including phenoxy) is 2. The Hall–Kier alpha value is -3.40. The van der Waals surface area contributed by atoms with Crippen LogP contribution in [-0.2, 0) is 45.1 Å². The number of carbonyl (C=O) groups is 2. The molecule has 0 N–H and O–H groups in total. The average Bonchev–Trinajstić information content (AvgIpc) is 2.74. The molecule has 0 fully saturated rings. The normalized spacial score (nSPS) is 10.5. The van der Waals surface area contributed by atoms with Crippen LogP contribution in [0.4, 0.5) is 0 Å². The van der Waals surface area contributed by atoms with Crippen molar-refractivity contribution in [1.29, 1.82) is 0 Å². The van der Waals surface area contributed by atoms with E-state index >= 15 is 0 Å². The van der Waals surface area contributed by atoms with E-state index in [0.717, 1.165) is 24.0 Å². The maximum Gasteiger partial charge on any atom is 0.302 e. The van der Waals surface area contributed by atoms with Gasteiger partial charge in [0, 0.05) is 13.8 Å². The first kappa shape index (κ1) is 21.3. The molecule has 0 aromatic heterocycles. The number of hydrogen-bond acceptors (Lipinski definition) is 4. The third kappa shape index (κ3) is 6.89. The SMILES string of the molecule is CC(=O)OCc1ccc(Cc2ccc(Cc3ccc(COC(C)=O)cc3)cc2)cc1. The first-order valence-corrected chi connectivity index (χ1v) is 9.98. The Bertz CT molecular complexity index is 889. The minimum absolute atomic E-state index is 0.267. The average molecular weight is 402 g/mol. The maximum absolute atomic E-state index is 10.9. The van der Waals surface area contributed by atoms with Crippen LogP contribution in [0.1, 0.15) is 47.2 Å². The molecule has 4 nitrogen and oxygen atoms in total. The Morgan fingerprint density at radius 2 is 0.733 bits per heavy atom. The molecule has 4 heteroatoms. The van der Waals surface area contributed by atoms with Gasteiger partial charge in [-0.05, 0) is 46.2 Å². The van der Waals surface area contributed by atoms with Gasteiger partial charge in [-0.15, -0.1) is 0 Å². The molecule has 3 aromatic carbocycles. The van der Waals surface area contributed by atoms with Gasteiger partial charge in [-0.2, -0.15) is 0 Å². The number of carbonyl (C=O) groups excluding carboxylic acids is 2. The quantitative estimate of drug-likeness (QED) is 0.498. The summed E-state index contributed by atoms with van der Waals surface area (Å²) in [5.41, 5.74) is 6.92. The third-order valence-corrected chi connectivity index (χ3v) is 4.77. The van der Waals surface area contributed by atoms with Gasteiger partial charge in [0.2, 0.25) is 0 Å². The van der Waals surface area contributed by atoms with E-state index in [1.807, 2.05) is 24.3 Å². The Morgan fingerprint density at radius 3 is 0.967 bits per heavy atom. The van der Waals surface area contributed by atoms with E-state index in [1.165, 1.54) is 36.1 Å². The van der Waals surface area contributed by atoms with E-state index in [1.54, 1.807) is 0 Å². The topological polar surface area (TPSA) is 52.6 Å². The summed E-state index contributed by atoms with van der Waals surface area (Å²) in [6.45, 7) is 3.46. The van der Waals surface area contributed by atoms with Gasteiger partial charge in [-0.25, -0.2) is 0 Å². The highest BCUT2D eigenvalue weighted by Gasteiger charge is 2.02. The first-order valence-electron chi connectivity index (χ1n) is 9.98. The minimum Gasteiger partial charge on any atom is -0.461 e. The molecule has 30 heavy (non-hydrogen) atoms. The second-order valence-corrected chi connectivity index (χ2v) is 7.36. The van der Waals surface area contributed by atoms with Gasteiger partial charge in [0.05, 0.1) is 0 Å². The fourth-order valence-corrected chi connectivity index (χ4v) is 3.12. The number of benzene rings is 3. The molecule has 3 rings (SSSR count). The molecular formula is C26H26O4. The smallest absolute Gasteiger partial charge is 0.302 e. The summed E-state index contributed by atoms with van der Waals surface area (Å²) in [5.74, 6) is -0.533. The van der Waals surface area contributed by atoms with E-state index in [4.69, 9.17) is 9.47 Å². The summed E-state index contributed by atoms with van der Waals surface area (Å²) in [5, 5.41) is 0. The summed E-state index contributed by atoms with van der Waals surface area (Å²) in [6.07, 6.45) is 1.72. The van der Waals surface area contributed by atoms with Crippen molar-refractivity contribution in [1.82, 2.24) is 0 Å². The first-order chi connectivity index (χ1) is 14.5. The summed E-state index contributed by atoms with van der Waals surface area (Å²) in [4.78, 5) is 21.8. The second-order valence-electron chi connectivity index (χ2n) is 7.36. The van der Waals surface area contributed by atoms with Gasteiger partial charge < -0.3 is 9.47 Å². The van der Waals surface area contributed by atoms with Crippen LogP contribution in [-0.4, -0.2) is 11.9 Å². The van der Waals surface area contributed by atoms with Crippen molar-refractivity contribution in [2.75, 3.05) is 0 Å². The lowest BCUT2D eigenvalue weighted by Crippen LogP contribution is -1.99. The van der Waals surface area contributed by atoms with Gasteiger partial charge in [0.15, 0.2) is 0 Å². The molecule has 0 spiro atoms. The molecule has 0 saturated heterocycles. The van der Waals surface area contributed by atoms with Gasteiger partial charge in [0.25, 0.3) is 0 Å². The van der Waals surface area contributed by atoms with Crippen LogP contribution in [0.15, 0.2) is 72.8 Å². The number of rotatable bonds is 8. The van der Waals surface area contributed by atoms with Crippen LogP contribution in [0, 0.1) is 0 Å². The lowest BCUT2D eigenvalue weighted by Gasteiger charge is -2.07. The monoisotopic (exact) mass is 402 g/mol. The molecule has 0 heterocycles. The summed E-state index contributed by atoms with van der Waals surface area (Å²) < 4.78 is 10.0. The molecule has 0 atom stereocenters. The van der Waals surface area contributed by atoms with Gasteiger partial charge in [0.1, 0.15) is 13.2 Å². The zero-order valence-corrected chi connectivity index (χ0v) is 17.4. The third-order valence-electron chi connectivity index (χ3n) is 4.77. The van der Waals surface area contributed by atoms with Crippen LogP contribution in [0.25, 0.3) is 0 Å². The van der Waals surface area contributed by atoms with Crippen molar-refractivity contribution in [3.63, 3.8) is 0 Å². The van der Waals surface area contributed by atoms with Crippen molar-refractivity contribution in [3.8, 4) is 0 Å². The lowest BCUT2D eigenvalue weighted by atomic mass is 9.99. The molecule has 0 aliphatic carbocycles. The van der Waals surface area contributed by atoms with Crippen LogP contribution >= 0.6 is 0 Å². The molecule has 0 radical (unpaired) electrons. The van der Waals surface area contributed by atoms with Gasteiger partial charge >= 0.3 is 11.9 Å². The zero-order valence-electron chi connectivity index (χ0n) is 17.4. The lowest BCUT2D eigenvalue weighted by molar-refractivity contribution is -0.143. The Kier molecular flexibility index (Phi) is 7.39. The molecule has 0 bridgehead atoms. The van der Waals surface area contributed by atoms with E-state index in [-0.39, 0.29) is 11.9 Å². The largest absolute Gasteiger partial charge is 0.461 e. The molecule has 154 valence electrons. The molecule has 0 aliphatic rings. The molecule has 0 aliphatic heterocycles. The highest BCUT2D eigenvalue weighted by Crippen LogP contribution is 2.16. The van der Waals surface area contributed by atoms with Crippen molar-refractivity contribution >= 4 is 11.9 Å². The Labute approximate surface area is 177 Å². The summed E-state index contributed by atoms with van der Waals surface area (Å²) in [7, 11) is 0. The molecule has 0 amide bonds. The maximum atomic E-state index is 10.9. The predicted octanol–water partition coefficient (Wildman–Crippen LogP) is 4.99. The van der Waals surface area contributed by atoms with Crippen molar-refractivity contribution in [3.05, 3.63) is 106 Å². The molecule has 0 unspecified atom stereocenters. The highest BCUT2D eigenvalue weighted by molar-refractivity contribution is 5.66. The minimum atomic E-state index is -0.267. The zero-order chi connectivity index (χ0) is 21.3. The van der Waals surface area contributed by atoms with Crippen LogP contribution in [0.2, 0.25) is 0 Å². The predicted molar refractivity (Wildman–Crippen MR) is 116 cm³/mol. The number of esters is 2. The van der Waals surface area contributed by atoms with Crippen molar-refractivity contribution in [2.24, 2.45) is 0 Å². The fraction of sp³-hybridized carbons (Fsp3) is 0.231. The van der Waals surface area contributed by atoms with Crippen LogP contribution in [0.5, 0.6) is 0 Å². The standard InChI is InChI=1S/C26H26O4/c1-19(27)29-17-25-11-7-23(8-12-25)15-21-3-5-22(6-4-21)16-24-9-13-26(14-10-24)18-30-20(2)28/h3-14H,15-18H2,1-2H3. The number of hydrogen-bond donors (Lipinski definition) is 0. The summed E-state index contributed by atoms with van der Waals surface area (Å²) >= 11 is 0. The fourth-order valence-electron chi connectivity index (χ4n) is 3.12. The summed E-state index contributed by atoms with van der Waals surface area (Å²) in [6, 6.07) is 24.9. The Morgan fingerprint density at radius 1 is 0.500 bits per heavy atom. The molecular weight excluding hydrogens is 376 g/mol. The molecule has 3 aromatic rings. The highest BCUT2D eigenvalue weighted by atomic mass is 16.5. The van der Waals surface area contributed by atoms with E-state index < -0.39 is 0 Å². The van der Waals surface area contributed by atoms with Crippen molar-refractivity contribution in [2.45, 2.75) is 39.9 Å². The van der Waals surface area contributed by atoms with E-state index in [9.17, 15) is 9.59 Å². The van der Waals surface area contributed by atoms with Gasteiger partial charge in [-0.3, -0.25) is 9.59 Å². The van der Waals surface area contributed by atoms with Crippen LogP contribution < -0.4 is 0 Å². The second kappa shape index (κ2) is 10.4.